The van der Waals surface area contributed by atoms with Crippen molar-refractivity contribution in [1.29, 1.82) is 0 Å². The zero-order valence-electron chi connectivity index (χ0n) is 13.2. The fourth-order valence-electron chi connectivity index (χ4n) is 2.89. The second-order valence-corrected chi connectivity index (χ2v) is 6.04. The predicted molar refractivity (Wildman–Crippen MR) is 82.5 cm³/mol. The zero-order chi connectivity index (χ0) is 15.5. The SMILES string of the molecule is CCCC1(O)CN(C(=O)CCOc2c(C)cccc2C)C1. The summed E-state index contributed by atoms with van der Waals surface area (Å²) in [5.41, 5.74) is 1.52. The van der Waals surface area contributed by atoms with Gasteiger partial charge in [0.2, 0.25) is 5.91 Å². The molecule has 1 saturated heterocycles. The van der Waals surface area contributed by atoms with E-state index in [0.717, 1.165) is 29.7 Å². The molecule has 2 rings (SSSR count). The highest BCUT2D eigenvalue weighted by molar-refractivity contribution is 5.77. The van der Waals surface area contributed by atoms with Crippen LogP contribution < -0.4 is 4.74 Å². The molecule has 1 aliphatic rings. The summed E-state index contributed by atoms with van der Waals surface area (Å²) in [5, 5.41) is 10.1. The maximum Gasteiger partial charge on any atom is 0.226 e. The summed E-state index contributed by atoms with van der Waals surface area (Å²) >= 11 is 0. The van der Waals surface area contributed by atoms with Crippen LogP contribution in [0.15, 0.2) is 18.2 Å². The van der Waals surface area contributed by atoms with E-state index >= 15 is 0 Å². The second-order valence-electron chi connectivity index (χ2n) is 6.04. The smallest absolute Gasteiger partial charge is 0.226 e. The molecule has 4 heteroatoms. The van der Waals surface area contributed by atoms with Crippen LogP contribution in [0.3, 0.4) is 0 Å². The van der Waals surface area contributed by atoms with Crippen molar-refractivity contribution in [3.05, 3.63) is 29.3 Å². The molecule has 1 N–H and O–H groups in total. The third-order valence-corrected chi connectivity index (χ3v) is 4.01. The van der Waals surface area contributed by atoms with Crippen molar-refractivity contribution in [1.82, 2.24) is 4.90 Å². The minimum atomic E-state index is -0.655. The van der Waals surface area contributed by atoms with Gasteiger partial charge in [-0.3, -0.25) is 4.79 Å². The first-order chi connectivity index (χ1) is 9.95. The molecule has 1 fully saturated rings. The van der Waals surface area contributed by atoms with Crippen molar-refractivity contribution in [2.45, 2.75) is 45.6 Å². The minimum Gasteiger partial charge on any atom is -0.493 e. The number of aliphatic hydroxyl groups is 1. The number of carbonyl (C=O) groups is 1. The maximum absolute atomic E-state index is 12.0. The number of aryl methyl sites for hydroxylation is 2. The minimum absolute atomic E-state index is 0.0574. The molecular formula is C17H25NO3. The van der Waals surface area contributed by atoms with Crippen LogP contribution in [0.25, 0.3) is 0 Å². The molecule has 0 atom stereocenters. The maximum atomic E-state index is 12.0. The van der Waals surface area contributed by atoms with Crippen LogP contribution in [-0.4, -0.2) is 41.2 Å². The number of hydrogen-bond acceptors (Lipinski definition) is 3. The Morgan fingerprint density at radius 3 is 2.52 bits per heavy atom. The first-order valence-electron chi connectivity index (χ1n) is 7.64. The second kappa shape index (κ2) is 6.48. The van der Waals surface area contributed by atoms with E-state index in [4.69, 9.17) is 4.74 Å². The molecule has 0 saturated carbocycles. The van der Waals surface area contributed by atoms with Gasteiger partial charge in [-0.15, -0.1) is 0 Å². The van der Waals surface area contributed by atoms with Gasteiger partial charge in [-0.2, -0.15) is 0 Å². The lowest BCUT2D eigenvalue weighted by atomic mass is 9.89. The monoisotopic (exact) mass is 291 g/mol. The van der Waals surface area contributed by atoms with Crippen LogP contribution in [0.4, 0.5) is 0 Å². The van der Waals surface area contributed by atoms with E-state index in [9.17, 15) is 9.90 Å². The third-order valence-electron chi connectivity index (χ3n) is 4.01. The molecule has 21 heavy (non-hydrogen) atoms. The third kappa shape index (κ3) is 3.76. The Balaban J connectivity index is 1.76. The van der Waals surface area contributed by atoms with E-state index in [1.165, 1.54) is 0 Å². The van der Waals surface area contributed by atoms with Crippen LogP contribution in [-0.2, 0) is 4.79 Å². The largest absolute Gasteiger partial charge is 0.493 e. The lowest BCUT2D eigenvalue weighted by Gasteiger charge is -2.46. The normalized spacial score (nSPS) is 16.5. The molecule has 1 heterocycles. The van der Waals surface area contributed by atoms with Crippen molar-refractivity contribution in [3.63, 3.8) is 0 Å². The van der Waals surface area contributed by atoms with E-state index < -0.39 is 5.60 Å². The molecule has 0 spiro atoms. The summed E-state index contributed by atoms with van der Waals surface area (Å²) < 4.78 is 5.75. The molecular weight excluding hydrogens is 266 g/mol. The Kier molecular flexibility index (Phi) is 4.88. The number of ether oxygens (including phenoxy) is 1. The van der Waals surface area contributed by atoms with Crippen LogP contribution in [0.5, 0.6) is 5.75 Å². The Hall–Kier alpha value is -1.55. The van der Waals surface area contributed by atoms with Crippen molar-refractivity contribution in [2.75, 3.05) is 19.7 Å². The highest BCUT2D eigenvalue weighted by atomic mass is 16.5. The molecule has 4 nitrogen and oxygen atoms in total. The van der Waals surface area contributed by atoms with Gasteiger partial charge in [-0.1, -0.05) is 31.5 Å². The molecule has 0 bridgehead atoms. The summed E-state index contributed by atoms with van der Waals surface area (Å²) in [7, 11) is 0. The summed E-state index contributed by atoms with van der Waals surface area (Å²) in [4.78, 5) is 13.7. The topological polar surface area (TPSA) is 49.8 Å². The van der Waals surface area contributed by atoms with Gasteiger partial charge in [-0.25, -0.2) is 0 Å². The van der Waals surface area contributed by atoms with E-state index in [0.29, 0.717) is 26.1 Å². The first kappa shape index (κ1) is 15.8. The standard InChI is InChI=1S/C17H25NO3/c1-4-9-17(20)11-18(12-17)15(19)8-10-21-16-13(2)6-5-7-14(16)3/h5-7,20H,4,8-12H2,1-3H3. The fraction of sp³-hybridized carbons (Fsp3) is 0.588. The van der Waals surface area contributed by atoms with Crippen molar-refractivity contribution < 1.29 is 14.6 Å². The number of nitrogens with zero attached hydrogens (tertiary/aromatic N) is 1. The number of hydrogen-bond donors (Lipinski definition) is 1. The molecule has 116 valence electrons. The van der Waals surface area contributed by atoms with Crippen molar-refractivity contribution in [3.8, 4) is 5.75 Å². The number of carbonyl (C=O) groups excluding carboxylic acids is 1. The molecule has 1 aromatic rings. The van der Waals surface area contributed by atoms with Gasteiger partial charge < -0.3 is 14.7 Å². The van der Waals surface area contributed by atoms with Gasteiger partial charge in [0, 0.05) is 0 Å². The Bertz CT molecular complexity index is 487. The quantitative estimate of drug-likeness (QED) is 0.876. The van der Waals surface area contributed by atoms with Gasteiger partial charge in [0.05, 0.1) is 31.7 Å². The Labute approximate surface area is 126 Å². The van der Waals surface area contributed by atoms with Crippen LogP contribution >= 0.6 is 0 Å². The number of benzene rings is 1. The summed E-state index contributed by atoms with van der Waals surface area (Å²) in [5.74, 6) is 0.929. The average molecular weight is 291 g/mol. The Morgan fingerprint density at radius 1 is 1.33 bits per heavy atom. The summed E-state index contributed by atoms with van der Waals surface area (Å²) in [6, 6.07) is 6.01. The number of β-amino-alcohol motifs (C(OH)–C–C–N with tert-alkyl or cyclic N) is 1. The summed E-state index contributed by atoms with van der Waals surface area (Å²) in [6.07, 6.45) is 2.06. The molecule has 1 aliphatic heterocycles. The molecule has 0 aliphatic carbocycles. The van der Waals surface area contributed by atoms with E-state index in [1.54, 1.807) is 4.90 Å². The molecule has 0 radical (unpaired) electrons. The molecule has 0 unspecified atom stereocenters. The Morgan fingerprint density at radius 2 is 1.95 bits per heavy atom. The van der Waals surface area contributed by atoms with Crippen molar-refractivity contribution in [2.24, 2.45) is 0 Å². The van der Waals surface area contributed by atoms with Gasteiger partial charge in [0.15, 0.2) is 0 Å². The van der Waals surface area contributed by atoms with E-state index in [2.05, 4.69) is 0 Å². The van der Waals surface area contributed by atoms with E-state index in [-0.39, 0.29) is 5.91 Å². The highest BCUT2D eigenvalue weighted by Crippen LogP contribution is 2.26. The van der Waals surface area contributed by atoms with Gasteiger partial charge in [0.25, 0.3) is 0 Å². The summed E-state index contributed by atoms with van der Waals surface area (Å²) in [6.45, 7) is 7.36. The fourth-order valence-corrected chi connectivity index (χ4v) is 2.89. The molecule has 0 aromatic heterocycles. The zero-order valence-corrected chi connectivity index (χ0v) is 13.2. The van der Waals surface area contributed by atoms with E-state index in [1.807, 2.05) is 39.0 Å². The predicted octanol–water partition coefficient (Wildman–Crippen LogP) is 2.45. The molecule has 1 amide bonds. The van der Waals surface area contributed by atoms with Gasteiger partial charge >= 0.3 is 0 Å². The number of amides is 1. The number of rotatable bonds is 6. The first-order valence-corrected chi connectivity index (χ1v) is 7.64. The van der Waals surface area contributed by atoms with Crippen LogP contribution in [0.1, 0.15) is 37.3 Å². The lowest BCUT2D eigenvalue weighted by Crippen LogP contribution is -2.63. The van der Waals surface area contributed by atoms with Crippen LogP contribution in [0, 0.1) is 13.8 Å². The number of para-hydroxylation sites is 1. The van der Waals surface area contributed by atoms with Gasteiger partial charge in [0.1, 0.15) is 5.75 Å². The molecule has 1 aromatic carbocycles. The number of likely N-dealkylation sites (tertiary alicyclic amines) is 1. The highest BCUT2D eigenvalue weighted by Gasteiger charge is 2.42. The van der Waals surface area contributed by atoms with Crippen molar-refractivity contribution >= 4 is 5.91 Å². The van der Waals surface area contributed by atoms with Crippen LogP contribution in [0.2, 0.25) is 0 Å². The average Bonchev–Trinajstić information content (AvgIpc) is 2.39. The van der Waals surface area contributed by atoms with Gasteiger partial charge in [-0.05, 0) is 31.4 Å². The lowest BCUT2D eigenvalue weighted by molar-refractivity contribution is -0.157.